The molecule has 70 valence electrons. The summed E-state index contributed by atoms with van der Waals surface area (Å²) in [6.45, 7) is 2.15. The largest absolute Gasteiger partial charge is 0.481 e. The van der Waals surface area contributed by atoms with Gasteiger partial charge in [-0.3, -0.25) is 4.79 Å². The average Bonchev–Trinajstić information content (AvgIpc) is 2.74. The molecule has 2 rings (SSSR count). The Balaban J connectivity index is 2.15. The maximum absolute atomic E-state index is 10.8. The molecule has 0 atom stereocenters. The molecule has 1 aromatic heterocycles. The first-order valence-corrected chi connectivity index (χ1v) is 4.10. The molecule has 1 fully saturated rings. The molecular formula is C7H10N4O2. The molecule has 0 unspecified atom stereocenters. The van der Waals surface area contributed by atoms with E-state index in [4.69, 9.17) is 5.11 Å². The highest BCUT2D eigenvalue weighted by Crippen LogP contribution is 2.47. The fourth-order valence-electron chi connectivity index (χ4n) is 1.27. The highest BCUT2D eigenvalue weighted by Gasteiger charge is 2.51. The summed E-state index contributed by atoms with van der Waals surface area (Å²) in [5.41, 5.74) is -0.597. The van der Waals surface area contributed by atoms with E-state index in [9.17, 15) is 4.79 Å². The second-order valence-electron chi connectivity index (χ2n) is 3.47. The van der Waals surface area contributed by atoms with Gasteiger partial charge in [0.25, 0.3) is 0 Å². The molecule has 0 saturated heterocycles. The summed E-state index contributed by atoms with van der Waals surface area (Å²) in [6, 6.07) is 0. The molecule has 13 heavy (non-hydrogen) atoms. The summed E-state index contributed by atoms with van der Waals surface area (Å²) < 4.78 is 1.54. The second kappa shape index (κ2) is 2.51. The third-order valence-corrected chi connectivity index (χ3v) is 2.47. The molecule has 6 heteroatoms. The van der Waals surface area contributed by atoms with Gasteiger partial charge in [-0.05, 0) is 30.2 Å². The molecule has 1 aliphatic rings. The Labute approximate surface area is 74.6 Å². The van der Waals surface area contributed by atoms with Crippen LogP contribution in [0, 0.1) is 12.3 Å². The van der Waals surface area contributed by atoms with Gasteiger partial charge in [-0.2, -0.15) is 0 Å². The van der Waals surface area contributed by atoms with Crippen LogP contribution in [0.5, 0.6) is 0 Å². The van der Waals surface area contributed by atoms with Gasteiger partial charge in [-0.1, -0.05) is 0 Å². The lowest BCUT2D eigenvalue weighted by Crippen LogP contribution is -2.22. The minimum absolute atomic E-state index is 0.390. The quantitative estimate of drug-likeness (QED) is 0.702. The van der Waals surface area contributed by atoms with Crippen LogP contribution in [0.15, 0.2) is 0 Å². The SMILES string of the molecule is Cc1nnnn1CC1(C(=O)O)CC1. The number of hydrogen-bond acceptors (Lipinski definition) is 4. The average molecular weight is 182 g/mol. The number of aryl methyl sites for hydroxylation is 1. The van der Waals surface area contributed by atoms with E-state index in [1.54, 1.807) is 11.6 Å². The van der Waals surface area contributed by atoms with Crippen molar-refractivity contribution in [3.8, 4) is 0 Å². The molecule has 1 heterocycles. The highest BCUT2D eigenvalue weighted by molar-refractivity contribution is 5.77. The number of aliphatic carboxylic acids is 1. The first-order chi connectivity index (χ1) is 6.14. The van der Waals surface area contributed by atoms with Crippen LogP contribution in [0.1, 0.15) is 18.7 Å². The van der Waals surface area contributed by atoms with E-state index in [-0.39, 0.29) is 0 Å². The molecule has 1 aromatic rings. The van der Waals surface area contributed by atoms with Gasteiger partial charge in [-0.15, -0.1) is 5.10 Å². The Bertz CT molecular complexity index is 342. The smallest absolute Gasteiger partial charge is 0.311 e. The molecule has 1 aliphatic carbocycles. The van der Waals surface area contributed by atoms with Crippen molar-refractivity contribution in [3.05, 3.63) is 5.82 Å². The van der Waals surface area contributed by atoms with Crippen LogP contribution in [-0.2, 0) is 11.3 Å². The number of carboxylic acid groups (broad SMARTS) is 1. The van der Waals surface area contributed by atoms with Crippen molar-refractivity contribution in [2.75, 3.05) is 0 Å². The zero-order valence-electron chi connectivity index (χ0n) is 7.27. The Kier molecular flexibility index (Phi) is 1.58. The minimum Gasteiger partial charge on any atom is -0.481 e. The van der Waals surface area contributed by atoms with Crippen LogP contribution in [-0.4, -0.2) is 31.3 Å². The number of hydrogen-bond donors (Lipinski definition) is 1. The van der Waals surface area contributed by atoms with Crippen molar-refractivity contribution in [2.45, 2.75) is 26.3 Å². The standard InChI is InChI=1S/C7H10N4O2/c1-5-8-9-10-11(5)4-7(2-3-7)6(12)13/h2-4H2,1H3,(H,12,13). The molecule has 1 saturated carbocycles. The number of rotatable bonds is 3. The van der Waals surface area contributed by atoms with E-state index in [0.29, 0.717) is 12.4 Å². The van der Waals surface area contributed by atoms with E-state index >= 15 is 0 Å². The van der Waals surface area contributed by atoms with Gasteiger partial charge in [0.15, 0.2) is 0 Å². The Morgan fingerprint density at radius 1 is 1.69 bits per heavy atom. The fraction of sp³-hybridized carbons (Fsp3) is 0.714. The van der Waals surface area contributed by atoms with Crippen LogP contribution >= 0.6 is 0 Å². The zero-order valence-corrected chi connectivity index (χ0v) is 7.27. The number of tetrazole rings is 1. The van der Waals surface area contributed by atoms with Gasteiger partial charge in [-0.25, -0.2) is 4.68 Å². The van der Waals surface area contributed by atoms with E-state index in [2.05, 4.69) is 15.5 Å². The summed E-state index contributed by atoms with van der Waals surface area (Å²) in [7, 11) is 0. The lowest BCUT2D eigenvalue weighted by Gasteiger charge is -2.08. The fourth-order valence-corrected chi connectivity index (χ4v) is 1.27. The minimum atomic E-state index is -0.748. The van der Waals surface area contributed by atoms with E-state index < -0.39 is 11.4 Å². The molecule has 0 bridgehead atoms. The molecule has 0 amide bonds. The van der Waals surface area contributed by atoms with Crippen LogP contribution < -0.4 is 0 Å². The summed E-state index contributed by atoms with van der Waals surface area (Å²) in [5.74, 6) is -0.0880. The van der Waals surface area contributed by atoms with Crippen molar-refractivity contribution < 1.29 is 9.90 Å². The van der Waals surface area contributed by atoms with Gasteiger partial charge >= 0.3 is 5.97 Å². The summed E-state index contributed by atoms with van der Waals surface area (Å²) in [4.78, 5) is 10.8. The maximum atomic E-state index is 10.8. The monoisotopic (exact) mass is 182 g/mol. The van der Waals surface area contributed by atoms with Crippen LogP contribution in [0.4, 0.5) is 0 Å². The van der Waals surface area contributed by atoms with Gasteiger partial charge in [0.05, 0.1) is 12.0 Å². The predicted molar refractivity (Wildman–Crippen MR) is 41.9 cm³/mol. The topological polar surface area (TPSA) is 80.9 Å². The van der Waals surface area contributed by atoms with E-state index in [0.717, 1.165) is 12.8 Å². The van der Waals surface area contributed by atoms with E-state index in [1.807, 2.05) is 0 Å². The highest BCUT2D eigenvalue weighted by atomic mass is 16.4. The Morgan fingerprint density at radius 3 is 2.77 bits per heavy atom. The Hall–Kier alpha value is -1.46. The normalized spacial score (nSPS) is 18.5. The third kappa shape index (κ3) is 1.28. The predicted octanol–water partition coefficient (Wildman–Crippen LogP) is -0.154. The molecule has 0 radical (unpaired) electrons. The number of carboxylic acids is 1. The molecular weight excluding hydrogens is 172 g/mol. The van der Waals surface area contributed by atoms with Gasteiger partial charge < -0.3 is 5.11 Å². The number of carbonyl (C=O) groups is 1. The van der Waals surface area contributed by atoms with Gasteiger partial charge in [0.1, 0.15) is 5.82 Å². The summed E-state index contributed by atoms with van der Waals surface area (Å²) >= 11 is 0. The van der Waals surface area contributed by atoms with Crippen molar-refractivity contribution in [2.24, 2.45) is 5.41 Å². The van der Waals surface area contributed by atoms with Crippen molar-refractivity contribution >= 4 is 5.97 Å². The van der Waals surface area contributed by atoms with Gasteiger partial charge in [0, 0.05) is 0 Å². The van der Waals surface area contributed by atoms with Crippen molar-refractivity contribution in [1.29, 1.82) is 0 Å². The zero-order chi connectivity index (χ0) is 9.47. The Morgan fingerprint density at radius 2 is 2.38 bits per heavy atom. The van der Waals surface area contributed by atoms with E-state index in [1.165, 1.54) is 0 Å². The van der Waals surface area contributed by atoms with Crippen molar-refractivity contribution in [3.63, 3.8) is 0 Å². The molecule has 6 nitrogen and oxygen atoms in total. The lowest BCUT2D eigenvalue weighted by molar-refractivity contribution is -0.144. The van der Waals surface area contributed by atoms with Crippen molar-refractivity contribution in [1.82, 2.24) is 20.2 Å². The van der Waals surface area contributed by atoms with Crippen LogP contribution in [0.25, 0.3) is 0 Å². The lowest BCUT2D eigenvalue weighted by atomic mass is 10.1. The maximum Gasteiger partial charge on any atom is 0.311 e. The number of nitrogens with zero attached hydrogens (tertiary/aromatic N) is 4. The molecule has 1 N–H and O–H groups in total. The van der Waals surface area contributed by atoms with Crippen LogP contribution in [0.3, 0.4) is 0 Å². The summed E-state index contributed by atoms with van der Waals surface area (Å²) in [6.07, 6.45) is 1.45. The molecule has 0 spiro atoms. The number of aromatic nitrogens is 4. The molecule has 0 aromatic carbocycles. The molecule has 0 aliphatic heterocycles. The third-order valence-electron chi connectivity index (χ3n) is 2.47. The van der Waals surface area contributed by atoms with Crippen LogP contribution in [0.2, 0.25) is 0 Å². The summed E-state index contributed by atoms with van der Waals surface area (Å²) in [5, 5.41) is 19.8. The first kappa shape index (κ1) is 8.15. The first-order valence-electron chi connectivity index (χ1n) is 4.10. The van der Waals surface area contributed by atoms with Gasteiger partial charge in [0.2, 0.25) is 0 Å². The second-order valence-corrected chi connectivity index (χ2v) is 3.47.